The summed E-state index contributed by atoms with van der Waals surface area (Å²) in [6.45, 7) is 7.57. The van der Waals surface area contributed by atoms with Crippen molar-refractivity contribution in [3.05, 3.63) is 11.4 Å². The van der Waals surface area contributed by atoms with E-state index in [1.807, 2.05) is 18.8 Å². The van der Waals surface area contributed by atoms with Gasteiger partial charge in [0.1, 0.15) is 17.5 Å². The minimum atomic E-state index is 0.289. The van der Waals surface area contributed by atoms with Gasteiger partial charge in [-0.25, -0.2) is 9.97 Å². The van der Waals surface area contributed by atoms with Gasteiger partial charge in [-0.2, -0.15) is 11.8 Å². The molecule has 2 N–H and O–H groups in total. The maximum absolute atomic E-state index is 4.78. The molecule has 1 fully saturated rings. The Labute approximate surface area is 132 Å². The normalized spacial score (nSPS) is 15.1. The average Bonchev–Trinajstić information content (AvgIpc) is 3.35. The molecule has 118 valence electrons. The first-order valence-electron chi connectivity index (χ1n) is 7.94. The first-order valence-corrected chi connectivity index (χ1v) is 9.17. The lowest BCUT2D eigenvalue weighted by Crippen LogP contribution is -2.32. The van der Waals surface area contributed by atoms with E-state index in [1.165, 1.54) is 12.8 Å². The van der Waals surface area contributed by atoms with Crippen LogP contribution in [-0.4, -0.2) is 34.6 Å². The quantitative estimate of drug-likeness (QED) is 0.759. The van der Waals surface area contributed by atoms with Gasteiger partial charge in [-0.1, -0.05) is 13.8 Å². The molecular weight excluding hydrogens is 280 g/mol. The molecule has 0 radical (unpaired) electrons. The van der Waals surface area contributed by atoms with E-state index in [1.54, 1.807) is 0 Å². The van der Waals surface area contributed by atoms with E-state index in [4.69, 9.17) is 4.98 Å². The van der Waals surface area contributed by atoms with Crippen molar-refractivity contribution >= 4 is 23.4 Å². The summed E-state index contributed by atoms with van der Waals surface area (Å²) in [5, 5.41) is 6.79. The highest BCUT2D eigenvalue weighted by molar-refractivity contribution is 8.00. The molecule has 1 aliphatic carbocycles. The number of hydrogen-bond acceptors (Lipinski definition) is 5. The first-order chi connectivity index (χ1) is 10.1. The SMILES string of the molecule is CCC(CC)(CNc1nc(C2CC2)nc(NC)c1C)SC. The molecule has 1 aromatic heterocycles. The Morgan fingerprint density at radius 1 is 1.19 bits per heavy atom. The Morgan fingerprint density at radius 3 is 2.29 bits per heavy atom. The molecule has 1 heterocycles. The van der Waals surface area contributed by atoms with E-state index in [0.717, 1.165) is 42.4 Å². The molecule has 2 rings (SSSR count). The fourth-order valence-electron chi connectivity index (χ4n) is 2.58. The Hall–Kier alpha value is -0.970. The summed E-state index contributed by atoms with van der Waals surface area (Å²) in [4.78, 5) is 9.43. The summed E-state index contributed by atoms with van der Waals surface area (Å²) < 4.78 is 0.289. The standard InChI is InChI=1S/C16H28N4S/c1-6-16(7-2,21-5)10-18-14-11(3)13(17-4)19-15(20-14)12-8-9-12/h12H,6-10H2,1-5H3,(H2,17,18,19,20). The van der Waals surface area contributed by atoms with Crippen molar-refractivity contribution in [1.29, 1.82) is 0 Å². The van der Waals surface area contributed by atoms with Crippen LogP contribution in [0, 0.1) is 6.92 Å². The predicted octanol–water partition coefficient (Wildman–Crippen LogP) is 4.04. The molecule has 0 saturated heterocycles. The molecule has 21 heavy (non-hydrogen) atoms. The maximum atomic E-state index is 4.78. The molecule has 0 aliphatic heterocycles. The minimum absolute atomic E-state index is 0.289. The van der Waals surface area contributed by atoms with E-state index in [-0.39, 0.29) is 4.75 Å². The monoisotopic (exact) mass is 308 g/mol. The Balaban J connectivity index is 2.20. The second-order valence-corrected chi connectivity index (χ2v) is 7.15. The number of nitrogens with one attached hydrogen (secondary N) is 2. The summed E-state index contributed by atoms with van der Waals surface area (Å²) in [6.07, 6.45) is 6.98. The van der Waals surface area contributed by atoms with Crippen LogP contribution in [0.4, 0.5) is 11.6 Å². The van der Waals surface area contributed by atoms with Crippen molar-refractivity contribution in [2.75, 3.05) is 30.5 Å². The molecule has 4 nitrogen and oxygen atoms in total. The van der Waals surface area contributed by atoms with Crippen LogP contribution in [0.25, 0.3) is 0 Å². The van der Waals surface area contributed by atoms with E-state index in [9.17, 15) is 0 Å². The van der Waals surface area contributed by atoms with Crippen LogP contribution in [-0.2, 0) is 0 Å². The molecule has 0 aromatic carbocycles. The number of nitrogens with zero attached hydrogens (tertiary/aromatic N) is 2. The summed E-state index contributed by atoms with van der Waals surface area (Å²) in [7, 11) is 1.93. The number of thioether (sulfide) groups is 1. The lowest BCUT2D eigenvalue weighted by molar-refractivity contribution is 0.573. The molecular formula is C16H28N4S. The Bertz CT molecular complexity index is 473. The average molecular weight is 308 g/mol. The van der Waals surface area contributed by atoms with Crippen LogP contribution < -0.4 is 10.6 Å². The van der Waals surface area contributed by atoms with Gasteiger partial charge in [0.05, 0.1) is 0 Å². The van der Waals surface area contributed by atoms with Gasteiger partial charge in [0.25, 0.3) is 0 Å². The number of anilines is 2. The molecule has 1 aromatic rings. The van der Waals surface area contributed by atoms with Gasteiger partial charge in [0.15, 0.2) is 0 Å². The highest BCUT2D eigenvalue weighted by atomic mass is 32.2. The van der Waals surface area contributed by atoms with Crippen molar-refractivity contribution in [1.82, 2.24) is 9.97 Å². The largest absolute Gasteiger partial charge is 0.373 e. The highest BCUT2D eigenvalue weighted by Crippen LogP contribution is 2.39. The van der Waals surface area contributed by atoms with Crippen LogP contribution in [0.5, 0.6) is 0 Å². The van der Waals surface area contributed by atoms with Crippen molar-refractivity contribution < 1.29 is 0 Å². The first kappa shape index (κ1) is 16.4. The van der Waals surface area contributed by atoms with E-state index < -0.39 is 0 Å². The topological polar surface area (TPSA) is 49.8 Å². The summed E-state index contributed by atoms with van der Waals surface area (Å²) in [6, 6.07) is 0. The van der Waals surface area contributed by atoms with Gasteiger partial charge in [-0.3, -0.25) is 0 Å². The molecule has 5 heteroatoms. The zero-order chi connectivity index (χ0) is 15.5. The molecule has 1 aliphatic rings. The smallest absolute Gasteiger partial charge is 0.136 e. The fraction of sp³-hybridized carbons (Fsp3) is 0.750. The maximum Gasteiger partial charge on any atom is 0.136 e. The summed E-state index contributed by atoms with van der Waals surface area (Å²) >= 11 is 1.95. The highest BCUT2D eigenvalue weighted by Gasteiger charge is 2.29. The summed E-state index contributed by atoms with van der Waals surface area (Å²) in [5.74, 6) is 3.52. The van der Waals surface area contributed by atoms with Crippen LogP contribution in [0.3, 0.4) is 0 Å². The van der Waals surface area contributed by atoms with Gasteiger partial charge < -0.3 is 10.6 Å². The Kier molecular flexibility index (Phi) is 5.36. The van der Waals surface area contributed by atoms with E-state index >= 15 is 0 Å². The number of aromatic nitrogens is 2. The van der Waals surface area contributed by atoms with Gasteiger partial charge >= 0.3 is 0 Å². The predicted molar refractivity (Wildman–Crippen MR) is 93.6 cm³/mol. The molecule has 0 amide bonds. The zero-order valence-electron chi connectivity index (χ0n) is 13.9. The molecule has 0 spiro atoms. The lowest BCUT2D eigenvalue weighted by atomic mass is 10.0. The third-order valence-electron chi connectivity index (χ3n) is 4.64. The van der Waals surface area contributed by atoms with Crippen LogP contribution in [0.2, 0.25) is 0 Å². The zero-order valence-corrected chi connectivity index (χ0v) is 14.7. The number of rotatable bonds is 8. The van der Waals surface area contributed by atoms with Crippen LogP contribution >= 0.6 is 11.8 Å². The van der Waals surface area contributed by atoms with Crippen molar-refractivity contribution in [2.45, 2.75) is 57.1 Å². The van der Waals surface area contributed by atoms with Gasteiger partial charge in [-0.05, 0) is 38.9 Å². The van der Waals surface area contributed by atoms with Crippen molar-refractivity contribution in [3.8, 4) is 0 Å². The summed E-state index contributed by atoms with van der Waals surface area (Å²) in [5.41, 5.74) is 1.11. The minimum Gasteiger partial charge on any atom is -0.373 e. The van der Waals surface area contributed by atoms with Crippen molar-refractivity contribution in [3.63, 3.8) is 0 Å². The third-order valence-corrected chi connectivity index (χ3v) is 6.23. The van der Waals surface area contributed by atoms with Gasteiger partial charge in [0.2, 0.25) is 0 Å². The molecule has 0 atom stereocenters. The molecule has 0 unspecified atom stereocenters. The number of hydrogen-bond donors (Lipinski definition) is 2. The van der Waals surface area contributed by atoms with Gasteiger partial charge in [0, 0.05) is 29.8 Å². The van der Waals surface area contributed by atoms with Crippen LogP contribution in [0.15, 0.2) is 0 Å². The van der Waals surface area contributed by atoms with E-state index in [0.29, 0.717) is 5.92 Å². The lowest BCUT2D eigenvalue weighted by Gasteiger charge is -2.30. The van der Waals surface area contributed by atoms with E-state index in [2.05, 4.69) is 42.6 Å². The fourth-order valence-corrected chi connectivity index (χ4v) is 3.37. The van der Waals surface area contributed by atoms with Gasteiger partial charge in [-0.15, -0.1) is 0 Å². The van der Waals surface area contributed by atoms with Crippen molar-refractivity contribution in [2.24, 2.45) is 0 Å². The second-order valence-electron chi connectivity index (χ2n) is 5.88. The second kappa shape index (κ2) is 6.86. The molecule has 0 bridgehead atoms. The third kappa shape index (κ3) is 3.62. The Morgan fingerprint density at radius 2 is 1.81 bits per heavy atom. The van der Waals surface area contributed by atoms with Crippen LogP contribution in [0.1, 0.15) is 56.8 Å². The molecule has 1 saturated carbocycles.